The zero-order valence-electron chi connectivity index (χ0n) is 23.9. The number of ether oxygens (including phenoxy) is 2. The number of benzene rings is 3. The molecule has 0 amide bonds. The molecule has 0 unspecified atom stereocenters. The van der Waals surface area contributed by atoms with Crippen molar-refractivity contribution in [1.82, 2.24) is 0 Å². The molecule has 0 fully saturated rings. The van der Waals surface area contributed by atoms with E-state index in [0.717, 1.165) is 22.6 Å². The Morgan fingerprint density at radius 1 is 0.868 bits per heavy atom. The van der Waals surface area contributed by atoms with Gasteiger partial charge in [0.2, 0.25) is 0 Å². The minimum absolute atomic E-state index is 0.161. The van der Waals surface area contributed by atoms with Crippen LogP contribution in [0.3, 0.4) is 0 Å². The molecular formula is C33H40O4S. The van der Waals surface area contributed by atoms with Crippen LogP contribution >= 0.6 is 12.0 Å². The highest BCUT2D eigenvalue weighted by Crippen LogP contribution is 2.37. The third kappa shape index (κ3) is 8.42. The number of esters is 1. The first kappa shape index (κ1) is 29.4. The lowest BCUT2D eigenvalue weighted by atomic mass is 9.95. The molecule has 0 aliphatic carbocycles. The summed E-state index contributed by atoms with van der Waals surface area (Å²) >= 11 is 1.38. The second-order valence-electron chi connectivity index (χ2n) is 11.3. The van der Waals surface area contributed by atoms with E-state index < -0.39 is 5.60 Å². The molecule has 202 valence electrons. The van der Waals surface area contributed by atoms with Crippen LogP contribution in [-0.4, -0.2) is 22.4 Å². The first-order valence-corrected chi connectivity index (χ1v) is 13.7. The Morgan fingerprint density at radius 2 is 1.42 bits per heavy atom. The van der Waals surface area contributed by atoms with Gasteiger partial charge < -0.3 is 13.7 Å². The Bertz CT molecular complexity index is 1260. The highest BCUT2D eigenvalue weighted by molar-refractivity contribution is 7.96. The Hall–Kier alpha value is -3.18. The summed E-state index contributed by atoms with van der Waals surface area (Å²) in [5.74, 6) is 1.29. The molecule has 0 aliphatic rings. The predicted octanol–water partition coefficient (Wildman–Crippen LogP) is 9.21. The average molecular weight is 533 g/mol. The summed E-state index contributed by atoms with van der Waals surface area (Å²) in [7, 11) is 0. The number of carbonyl (C=O) groups excluding carboxylic acids is 1. The van der Waals surface area contributed by atoms with Gasteiger partial charge in [0.25, 0.3) is 0 Å². The third-order valence-corrected chi connectivity index (χ3v) is 6.75. The van der Waals surface area contributed by atoms with Crippen molar-refractivity contribution in [2.24, 2.45) is 0 Å². The smallest absolute Gasteiger partial charge is 0.333 e. The SMILES string of the molecule is C=C(C)C(=O)OC(C)(C)CC(C)(C)SOc1ccc(-c2ccc(-c3ccc(OC(C)C)cc3)c(C)c2)cc1. The molecule has 0 radical (unpaired) electrons. The zero-order chi connectivity index (χ0) is 28.1. The fraction of sp³-hybridized carbons (Fsp3) is 0.364. The normalized spacial score (nSPS) is 11.8. The van der Waals surface area contributed by atoms with Crippen molar-refractivity contribution in [3.8, 4) is 33.8 Å². The Kier molecular flexibility index (Phi) is 9.37. The van der Waals surface area contributed by atoms with Crippen molar-refractivity contribution in [2.45, 2.75) is 78.3 Å². The van der Waals surface area contributed by atoms with Gasteiger partial charge in [0, 0.05) is 12.0 Å². The molecule has 0 N–H and O–H groups in total. The summed E-state index contributed by atoms with van der Waals surface area (Å²) < 4.78 is 17.1. The largest absolute Gasteiger partial charge is 0.491 e. The molecule has 0 saturated heterocycles. The molecule has 3 aromatic carbocycles. The molecule has 0 bridgehead atoms. The lowest BCUT2D eigenvalue weighted by Crippen LogP contribution is -2.36. The molecule has 4 nitrogen and oxygen atoms in total. The predicted molar refractivity (Wildman–Crippen MR) is 160 cm³/mol. The molecule has 0 atom stereocenters. The van der Waals surface area contributed by atoms with Crippen molar-refractivity contribution in [3.05, 3.63) is 84.4 Å². The van der Waals surface area contributed by atoms with Crippen LogP contribution in [0.25, 0.3) is 22.3 Å². The number of hydrogen-bond donors (Lipinski definition) is 0. The van der Waals surface area contributed by atoms with Crippen LogP contribution in [0.2, 0.25) is 0 Å². The molecule has 38 heavy (non-hydrogen) atoms. The maximum Gasteiger partial charge on any atom is 0.333 e. The van der Waals surface area contributed by atoms with Gasteiger partial charge in [-0.25, -0.2) is 4.79 Å². The van der Waals surface area contributed by atoms with Crippen molar-refractivity contribution in [3.63, 3.8) is 0 Å². The summed E-state index contributed by atoms with van der Waals surface area (Å²) in [6, 6.07) is 22.9. The minimum atomic E-state index is -0.631. The first-order valence-electron chi connectivity index (χ1n) is 13.0. The van der Waals surface area contributed by atoms with Crippen LogP contribution in [-0.2, 0) is 9.53 Å². The fourth-order valence-electron chi connectivity index (χ4n) is 4.45. The van der Waals surface area contributed by atoms with Gasteiger partial charge in [-0.1, -0.05) is 49.0 Å². The van der Waals surface area contributed by atoms with Gasteiger partial charge in [0.15, 0.2) is 0 Å². The maximum absolute atomic E-state index is 12.0. The van der Waals surface area contributed by atoms with Gasteiger partial charge in [-0.05, 0) is 107 Å². The summed E-state index contributed by atoms with van der Waals surface area (Å²) in [6.45, 7) is 19.5. The quantitative estimate of drug-likeness (QED) is 0.140. The van der Waals surface area contributed by atoms with Crippen molar-refractivity contribution < 1.29 is 18.5 Å². The topological polar surface area (TPSA) is 44.8 Å². The van der Waals surface area contributed by atoms with Crippen molar-refractivity contribution >= 4 is 18.0 Å². The molecule has 5 heteroatoms. The van der Waals surface area contributed by atoms with Crippen LogP contribution < -0.4 is 8.92 Å². The standard InChI is InChI=1S/C33H40O4S/c1-22(2)31(34)36-32(6,7)21-33(8,9)38-37-29-17-10-25(11-18-29)27-14-19-30(24(5)20-27)26-12-15-28(16-13-26)35-23(3)4/h10-20,23H,1,21H2,2-9H3. The monoisotopic (exact) mass is 532 g/mol. The number of carbonyl (C=O) groups is 1. The van der Waals surface area contributed by atoms with Gasteiger partial charge in [0.1, 0.15) is 17.1 Å². The van der Waals surface area contributed by atoms with E-state index in [1.807, 2.05) is 52.0 Å². The van der Waals surface area contributed by atoms with Crippen molar-refractivity contribution in [1.29, 1.82) is 0 Å². The van der Waals surface area contributed by atoms with Gasteiger partial charge in [0.05, 0.1) is 22.9 Å². The van der Waals surface area contributed by atoms with Crippen LogP contribution in [0.1, 0.15) is 60.5 Å². The van der Waals surface area contributed by atoms with E-state index in [1.54, 1.807) is 6.92 Å². The second kappa shape index (κ2) is 12.1. The highest BCUT2D eigenvalue weighted by atomic mass is 32.2. The molecule has 3 aromatic rings. The van der Waals surface area contributed by atoms with E-state index in [1.165, 1.54) is 28.7 Å². The van der Waals surface area contributed by atoms with Crippen molar-refractivity contribution in [2.75, 3.05) is 0 Å². The maximum atomic E-state index is 12.0. The Balaban J connectivity index is 1.63. The zero-order valence-corrected chi connectivity index (χ0v) is 24.7. The van der Waals surface area contributed by atoms with Crippen LogP contribution in [0.5, 0.6) is 11.5 Å². The van der Waals surface area contributed by atoms with E-state index in [2.05, 4.69) is 69.8 Å². The Morgan fingerprint density at radius 3 is 1.97 bits per heavy atom. The van der Waals surface area contributed by atoms with E-state index in [9.17, 15) is 4.79 Å². The third-order valence-electron chi connectivity index (χ3n) is 5.88. The number of rotatable bonds is 11. The molecule has 0 aliphatic heterocycles. The van der Waals surface area contributed by atoms with Crippen LogP contribution in [0, 0.1) is 6.92 Å². The molecule has 0 heterocycles. The lowest BCUT2D eigenvalue weighted by Gasteiger charge is -2.33. The van der Waals surface area contributed by atoms with Gasteiger partial charge in [-0.15, -0.1) is 0 Å². The average Bonchev–Trinajstić information content (AvgIpc) is 2.82. The summed E-state index contributed by atoms with van der Waals surface area (Å²) in [5.41, 5.74) is 5.65. The number of hydrogen-bond acceptors (Lipinski definition) is 5. The van der Waals surface area contributed by atoms with E-state index in [0.29, 0.717) is 12.0 Å². The van der Waals surface area contributed by atoms with Crippen LogP contribution in [0.4, 0.5) is 0 Å². The highest BCUT2D eigenvalue weighted by Gasteiger charge is 2.34. The van der Waals surface area contributed by atoms with E-state index in [-0.39, 0.29) is 16.8 Å². The molecule has 0 saturated carbocycles. The van der Waals surface area contributed by atoms with Gasteiger partial charge >= 0.3 is 5.97 Å². The summed E-state index contributed by atoms with van der Waals surface area (Å²) in [4.78, 5) is 12.0. The lowest BCUT2D eigenvalue weighted by molar-refractivity contribution is -0.152. The molecule has 0 aromatic heterocycles. The molecule has 0 spiro atoms. The first-order chi connectivity index (χ1) is 17.7. The summed E-state index contributed by atoms with van der Waals surface area (Å²) in [6.07, 6.45) is 0.787. The molecule has 3 rings (SSSR count). The van der Waals surface area contributed by atoms with Gasteiger partial charge in [-0.2, -0.15) is 0 Å². The Labute approximate surface area is 232 Å². The summed E-state index contributed by atoms with van der Waals surface area (Å²) in [5, 5.41) is 0. The minimum Gasteiger partial charge on any atom is -0.491 e. The van der Waals surface area contributed by atoms with E-state index in [4.69, 9.17) is 13.7 Å². The fourth-order valence-corrected chi connectivity index (χ4v) is 5.28. The number of aryl methyl sites for hydroxylation is 1. The molecular weight excluding hydrogens is 492 g/mol. The van der Waals surface area contributed by atoms with E-state index >= 15 is 0 Å². The second-order valence-corrected chi connectivity index (χ2v) is 12.7. The van der Waals surface area contributed by atoms with Gasteiger partial charge in [-0.3, -0.25) is 0 Å². The van der Waals surface area contributed by atoms with Crippen LogP contribution in [0.15, 0.2) is 78.9 Å².